The second-order valence-electron chi connectivity index (χ2n) is 4.67. The fourth-order valence-electron chi connectivity index (χ4n) is 2.58. The first-order valence-corrected chi connectivity index (χ1v) is 7.10. The van der Waals surface area contributed by atoms with Crippen molar-refractivity contribution in [2.24, 2.45) is 0 Å². The molecule has 0 radical (unpaired) electrons. The maximum absolute atomic E-state index is 12.5. The molecule has 3 rings (SSSR count). The lowest BCUT2D eigenvalue weighted by molar-refractivity contribution is 0.0730. The van der Waals surface area contributed by atoms with E-state index in [0.717, 1.165) is 29.4 Å². The molecule has 3 heterocycles. The predicted molar refractivity (Wildman–Crippen MR) is 75.7 cm³/mol. The maximum atomic E-state index is 12.5. The van der Waals surface area contributed by atoms with Crippen LogP contribution in [0, 0.1) is 0 Å². The summed E-state index contributed by atoms with van der Waals surface area (Å²) in [6, 6.07) is 5.92. The van der Waals surface area contributed by atoms with Crippen LogP contribution in [0.5, 0.6) is 0 Å². The van der Waals surface area contributed by atoms with E-state index in [-0.39, 0.29) is 11.9 Å². The van der Waals surface area contributed by atoms with Gasteiger partial charge in [-0.05, 0) is 46.5 Å². The zero-order valence-electron chi connectivity index (χ0n) is 10.3. The summed E-state index contributed by atoms with van der Waals surface area (Å²) >= 11 is 3.36. The van der Waals surface area contributed by atoms with E-state index < -0.39 is 0 Å². The van der Waals surface area contributed by atoms with Gasteiger partial charge in [0, 0.05) is 29.6 Å². The van der Waals surface area contributed by atoms with Gasteiger partial charge in [0.2, 0.25) is 0 Å². The van der Waals surface area contributed by atoms with Crippen molar-refractivity contribution in [3.05, 3.63) is 52.5 Å². The lowest BCUT2D eigenvalue weighted by Gasteiger charge is -2.24. The van der Waals surface area contributed by atoms with Crippen LogP contribution >= 0.6 is 15.9 Å². The molecule has 2 aromatic heterocycles. The summed E-state index contributed by atoms with van der Waals surface area (Å²) in [4.78, 5) is 21.6. The standard InChI is InChI=1S/C14H14BrN3O/c15-11-7-12(17-9-11)14(19)18-6-2-4-13(18)10-3-1-5-16-8-10/h1,3,5,7-9,13,17H,2,4,6H2. The minimum atomic E-state index is 0.0528. The van der Waals surface area contributed by atoms with Gasteiger partial charge < -0.3 is 9.88 Å². The third-order valence-electron chi connectivity index (χ3n) is 3.46. The summed E-state index contributed by atoms with van der Waals surface area (Å²) < 4.78 is 0.896. The van der Waals surface area contributed by atoms with Crippen LogP contribution in [0.15, 0.2) is 41.3 Å². The molecule has 0 bridgehead atoms. The molecule has 1 N–H and O–H groups in total. The fourth-order valence-corrected chi connectivity index (χ4v) is 2.92. The number of carbonyl (C=O) groups excluding carboxylic acids is 1. The zero-order chi connectivity index (χ0) is 13.2. The van der Waals surface area contributed by atoms with Gasteiger partial charge in [-0.2, -0.15) is 0 Å². The van der Waals surface area contributed by atoms with E-state index in [1.54, 1.807) is 12.4 Å². The van der Waals surface area contributed by atoms with Gasteiger partial charge in [-0.15, -0.1) is 0 Å². The van der Waals surface area contributed by atoms with Crippen LogP contribution in [0.2, 0.25) is 0 Å². The average Bonchev–Trinajstić information content (AvgIpc) is 3.07. The number of halogens is 1. The first kappa shape index (κ1) is 12.4. The molecule has 0 saturated carbocycles. The molecule has 98 valence electrons. The number of nitrogens with one attached hydrogen (secondary N) is 1. The molecule has 0 aliphatic carbocycles. The fraction of sp³-hybridized carbons (Fsp3) is 0.286. The monoisotopic (exact) mass is 319 g/mol. The summed E-state index contributed by atoms with van der Waals surface area (Å²) in [7, 11) is 0. The minimum absolute atomic E-state index is 0.0528. The molecule has 1 amide bonds. The Balaban J connectivity index is 1.86. The summed E-state index contributed by atoms with van der Waals surface area (Å²) in [6.45, 7) is 0.801. The van der Waals surface area contributed by atoms with Crippen molar-refractivity contribution >= 4 is 21.8 Å². The second kappa shape index (κ2) is 5.17. The van der Waals surface area contributed by atoms with E-state index in [1.807, 2.05) is 29.3 Å². The van der Waals surface area contributed by atoms with Gasteiger partial charge in [-0.25, -0.2) is 0 Å². The minimum Gasteiger partial charge on any atom is -0.356 e. The van der Waals surface area contributed by atoms with Crippen molar-refractivity contribution in [1.29, 1.82) is 0 Å². The van der Waals surface area contributed by atoms with Crippen LogP contribution in [-0.4, -0.2) is 27.3 Å². The highest BCUT2D eigenvalue weighted by Gasteiger charge is 2.31. The molecule has 5 heteroatoms. The number of rotatable bonds is 2. The molecule has 19 heavy (non-hydrogen) atoms. The average molecular weight is 320 g/mol. The molecule has 0 spiro atoms. The van der Waals surface area contributed by atoms with E-state index in [1.165, 1.54) is 0 Å². The molecule has 4 nitrogen and oxygen atoms in total. The van der Waals surface area contributed by atoms with Crippen LogP contribution in [0.4, 0.5) is 0 Å². The topological polar surface area (TPSA) is 49.0 Å². The van der Waals surface area contributed by atoms with Gasteiger partial charge in [0.15, 0.2) is 0 Å². The molecular weight excluding hydrogens is 306 g/mol. The number of likely N-dealkylation sites (tertiary alicyclic amines) is 1. The van der Waals surface area contributed by atoms with Crippen molar-refractivity contribution in [3.8, 4) is 0 Å². The molecule has 1 unspecified atom stereocenters. The number of carbonyl (C=O) groups is 1. The number of aromatic nitrogens is 2. The van der Waals surface area contributed by atoms with E-state index in [9.17, 15) is 4.79 Å². The number of amides is 1. The van der Waals surface area contributed by atoms with E-state index in [0.29, 0.717) is 5.69 Å². The van der Waals surface area contributed by atoms with Crippen LogP contribution in [-0.2, 0) is 0 Å². The first-order chi connectivity index (χ1) is 9.25. The van der Waals surface area contributed by atoms with Gasteiger partial charge in [0.25, 0.3) is 5.91 Å². The summed E-state index contributed by atoms with van der Waals surface area (Å²) in [5.74, 6) is 0.0528. The van der Waals surface area contributed by atoms with Gasteiger partial charge in [0.05, 0.1) is 6.04 Å². The Bertz CT molecular complexity index is 581. The highest BCUT2D eigenvalue weighted by Crippen LogP contribution is 2.32. The third-order valence-corrected chi connectivity index (χ3v) is 3.92. The quantitative estimate of drug-likeness (QED) is 0.924. The van der Waals surface area contributed by atoms with E-state index in [4.69, 9.17) is 0 Å². The highest BCUT2D eigenvalue weighted by atomic mass is 79.9. The lowest BCUT2D eigenvalue weighted by Crippen LogP contribution is -2.30. The van der Waals surface area contributed by atoms with Gasteiger partial charge in [-0.3, -0.25) is 9.78 Å². The van der Waals surface area contributed by atoms with Crippen LogP contribution in [0.1, 0.15) is 34.9 Å². The Kier molecular flexibility index (Phi) is 3.38. The van der Waals surface area contributed by atoms with Crippen molar-refractivity contribution in [2.75, 3.05) is 6.54 Å². The van der Waals surface area contributed by atoms with Crippen LogP contribution < -0.4 is 0 Å². The Morgan fingerprint density at radius 1 is 1.53 bits per heavy atom. The molecule has 2 aromatic rings. The number of aromatic amines is 1. The molecule has 1 aliphatic rings. The molecular formula is C14H14BrN3O. The van der Waals surface area contributed by atoms with E-state index >= 15 is 0 Å². The first-order valence-electron chi connectivity index (χ1n) is 6.30. The summed E-state index contributed by atoms with van der Waals surface area (Å²) in [5.41, 5.74) is 1.74. The predicted octanol–water partition coefficient (Wildman–Crippen LogP) is 3.15. The third kappa shape index (κ3) is 2.42. The van der Waals surface area contributed by atoms with Crippen molar-refractivity contribution in [2.45, 2.75) is 18.9 Å². The Morgan fingerprint density at radius 3 is 3.11 bits per heavy atom. The largest absolute Gasteiger partial charge is 0.356 e. The molecule has 1 saturated heterocycles. The summed E-state index contributed by atoms with van der Waals surface area (Å²) in [6.07, 6.45) is 7.42. The zero-order valence-corrected chi connectivity index (χ0v) is 11.9. The lowest BCUT2D eigenvalue weighted by atomic mass is 10.1. The summed E-state index contributed by atoms with van der Waals surface area (Å²) in [5, 5.41) is 0. The smallest absolute Gasteiger partial charge is 0.270 e. The van der Waals surface area contributed by atoms with Crippen LogP contribution in [0.3, 0.4) is 0 Å². The number of nitrogens with zero attached hydrogens (tertiary/aromatic N) is 2. The highest BCUT2D eigenvalue weighted by molar-refractivity contribution is 9.10. The number of H-pyrrole nitrogens is 1. The normalized spacial score (nSPS) is 18.8. The number of hydrogen-bond acceptors (Lipinski definition) is 2. The second-order valence-corrected chi connectivity index (χ2v) is 5.59. The maximum Gasteiger partial charge on any atom is 0.270 e. The van der Waals surface area contributed by atoms with Crippen LogP contribution in [0.25, 0.3) is 0 Å². The van der Waals surface area contributed by atoms with Gasteiger partial charge in [-0.1, -0.05) is 6.07 Å². The Labute approximate surface area is 120 Å². The molecule has 1 atom stereocenters. The van der Waals surface area contributed by atoms with Crippen molar-refractivity contribution in [1.82, 2.24) is 14.9 Å². The molecule has 0 aromatic carbocycles. The Morgan fingerprint density at radius 2 is 2.42 bits per heavy atom. The number of pyridine rings is 1. The molecule has 1 aliphatic heterocycles. The van der Waals surface area contributed by atoms with Gasteiger partial charge >= 0.3 is 0 Å². The number of hydrogen-bond donors (Lipinski definition) is 1. The van der Waals surface area contributed by atoms with E-state index in [2.05, 4.69) is 25.9 Å². The SMILES string of the molecule is O=C(c1cc(Br)c[nH]1)N1CCCC1c1cccnc1. The van der Waals surface area contributed by atoms with Crippen molar-refractivity contribution in [3.63, 3.8) is 0 Å². The van der Waals surface area contributed by atoms with Crippen molar-refractivity contribution < 1.29 is 4.79 Å². The molecule has 1 fully saturated rings. The Hall–Kier alpha value is -1.62. The van der Waals surface area contributed by atoms with Gasteiger partial charge in [0.1, 0.15) is 5.69 Å².